The van der Waals surface area contributed by atoms with Crippen LogP contribution in [0.5, 0.6) is 0 Å². The predicted molar refractivity (Wildman–Crippen MR) is 181 cm³/mol. The number of rotatable bonds is 14. The van der Waals surface area contributed by atoms with E-state index in [9.17, 15) is 4.79 Å². The summed E-state index contributed by atoms with van der Waals surface area (Å²) in [5.74, 6) is 0. The van der Waals surface area contributed by atoms with Crippen LogP contribution in [0, 0.1) is 0 Å². The molecule has 0 spiro atoms. The molecule has 0 bridgehead atoms. The largest absolute Gasteiger partial charge is 0.446 e. The summed E-state index contributed by atoms with van der Waals surface area (Å²) in [4.78, 5) is 15.2. The fourth-order valence-electron chi connectivity index (χ4n) is 5.37. The van der Waals surface area contributed by atoms with Crippen molar-refractivity contribution >= 4 is 11.8 Å². The molecule has 1 amide bonds. The first-order chi connectivity index (χ1) is 20.8. The fourth-order valence-corrected chi connectivity index (χ4v) is 5.37. The first-order valence-corrected chi connectivity index (χ1v) is 16.7. The average molecular weight is 573 g/mol. The number of benzene rings is 3. The maximum absolute atomic E-state index is 12.6. The zero-order chi connectivity index (χ0) is 30.3. The van der Waals surface area contributed by atoms with Crippen LogP contribution in [0.25, 0.3) is 11.1 Å². The van der Waals surface area contributed by atoms with Crippen LogP contribution in [-0.2, 0) is 11.2 Å². The molecule has 0 atom stereocenters. The summed E-state index contributed by atoms with van der Waals surface area (Å²) in [6.45, 7) is 11.2. The Morgan fingerprint density at radius 3 is 1.86 bits per heavy atom. The molecule has 230 valence electrons. The number of anilines is 1. The van der Waals surface area contributed by atoms with E-state index in [1.54, 1.807) is 0 Å². The van der Waals surface area contributed by atoms with Gasteiger partial charge >= 0.3 is 6.09 Å². The van der Waals surface area contributed by atoms with Gasteiger partial charge in [0, 0.05) is 18.7 Å². The quantitative estimate of drug-likeness (QED) is 0.195. The van der Waals surface area contributed by atoms with E-state index in [1.165, 1.54) is 69.9 Å². The van der Waals surface area contributed by atoms with Gasteiger partial charge in [0.05, 0.1) is 5.69 Å². The topological polar surface area (TPSA) is 41.6 Å². The number of aryl methyl sites for hydroxylation is 1. The minimum absolute atomic E-state index is 0.00275. The highest BCUT2D eigenvalue weighted by atomic mass is 16.6. The molecule has 1 heterocycles. The number of likely N-dealkylation sites (tertiary alicyclic amines) is 1. The second-order valence-corrected chi connectivity index (χ2v) is 10.5. The van der Waals surface area contributed by atoms with Gasteiger partial charge in [-0.2, -0.15) is 0 Å². The van der Waals surface area contributed by atoms with E-state index in [4.69, 9.17) is 4.74 Å². The van der Waals surface area contributed by atoms with Gasteiger partial charge in [0.1, 0.15) is 6.10 Å². The third kappa shape index (κ3) is 13.7. The van der Waals surface area contributed by atoms with E-state index in [0.717, 1.165) is 42.7 Å². The van der Waals surface area contributed by atoms with Gasteiger partial charge in [-0.3, -0.25) is 5.32 Å². The molecule has 0 unspecified atom stereocenters. The number of carbonyl (C=O) groups excluding carboxylic acids is 1. The number of ether oxygens (including phenoxy) is 1. The summed E-state index contributed by atoms with van der Waals surface area (Å²) in [6.07, 6.45) is 13.4. The number of hydrogen-bond acceptors (Lipinski definition) is 3. The summed E-state index contributed by atoms with van der Waals surface area (Å²) in [6, 6.07) is 28.8. The lowest BCUT2D eigenvalue weighted by molar-refractivity contribution is 0.0585. The molecule has 0 aliphatic carbocycles. The van der Waals surface area contributed by atoms with Crippen LogP contribution in [0.1, 0.15) is 97.5 Å². The van der Waals surface area contributed by atoms with Crippen LogP contribution in [-0.4, -0.2) is 36.7 Å². The highest BCUT2D eigenvalue weighted by Crippen LogP contribution is 2.28. The number of carbonyl (C=O) groups is 1. The van der Waals surface area contributed by atoms with Gasteiger partial charge in [0.15, 0.2) is 0 Å². The molecule has 42 heavy (non-hydrogen) atoms. The van der Waals surface area contributed by atoms with Crippen molar-refractivity contribution in [3.8, 4) is 11.1 Å². The van der Waals surface area contributed by atoms with Crippen LogP contribution >= 0.6 is 0 Å². The molecule has 3 aromatic rings. The summed E-state index contributed by atoms with van der Waals surface area (Å²) in [7, 11) is 0. The smallest absolute Gasteiger partial charge is 0.411 e. The Kier molecular flexibility index (Phi) is 18.8. The van der Waals surface area contributed by atoms with E-state index < -0.39 is 0 Å². The number of amides is 1. The number of nitrogens with one attached hydrogen (secondary N) is 1. The molecule has 1 fully saturated rings. The summed E-state index contributed by atoms with van der Waals surface area (Å²) >= 11 is 0. The van der Waals surface area contributed by atoms with Crippen molar-refractivity contribution in [1.82, 2.24) is 4.90 Å². The molecule has 1 aliphatic heterocycles. The molecule has 0 aromatic heterocycles. The Hall–Kier alpha value is -3.11. The van der Waals surface area contributed by atoms with Crippen LogP contribution in [0.3, 0.4) is 0 Å². The van der Waals surface area contributed by atoms with Gasteiger partial charge in [0.2, 0.25) is 0 Å². The predicted octanol–water partition coefficient (Wildman–Crippen LogP) is 10.8. The molecular formula is C38H56N2O2. The first kappa shape index (κ1) is 35.1. The lowest BCUT2D eigenvalue weighted by atomic mass is 10.0. The van der Waals surface area contributed by atoms with Crippen molar-refractivity contribution in [3.05, 3.63) is 90.5 Å². The van der Waals surface area contributed by atoms with E-state index in [-0.39, 0.29) is 12.2 Å². The van der Waals surface area contributed by atoms with Crippen molar-refractivity contribution in [3.63, 3.8) is 0 Å². The van der Waals surface area contributed by atoms with Crippen molar-refractivity contribution in [2.75, 3.05) is 25.0 Å². The third-order valence-corrected chi connectivity index (χ3v) is 7.59. The number of unbranched alkanes of at least 4 members (excludes halogenated alkanes) is 7. The number of para-hydroxylation sites is 1. The molecule has 0 radical (unpaired) electrons. The minimum Gasteiger partial charge on any atom is -0.446 e. The number of piperidine rings is 1. The normalized spacial score (nSPS) is 13.2. The van der Waals surface area contributed by atoms with Gasteiger partial charge < -0.3 is 9.64 Å². The first-order valence-electron chi connectivity index (χ1n) is 16.7. The fraction of sp³-hybridized carbons (Fsp3) is 0.500. The molecule has 0 saturated carbocycles. The Morgan fingerprint density at radius 2 is 1.21 bits per heavy atom. The number of hydrogen-bond donors (Lipinski definition) is 1. The summed E-state index contributed by atoms with van der Waals surface area (Å²) in [5.41, 5.74) is 4.34. The Bertz CT molecular complexity index is 1060. The monoisotopic (exact) mass is 572 g/mol. The molecule has 1 aliphatic rings. The zero-order valence-corrected chi connectivity index (χ0v) is 26.8. The Labute approximate surface area is 256 Å². The standard InChI is InChI=1S/C34H44N2O2.2C2H6/c37-34(35-33-23-15-14-22-32(33)30-20-12-8-13-21-30)38-31-24-27-36(28-25-31)26-16-6-4-2-1-3-5-9-17-29-18-10-7-11-19-29;2*1-2/h7-8,10-15,18-23,31H,1-6,9,16-17,24-28H2,(H,35,37);2*1-2H3. The molecular weight excluding hydrogens is 516 g/mol. The highest BCUT2D eigenvalue weighted by molar-refractivity contribution is 5.91. The van der Waals surface area contributed by atoms with Gasteiger partial charge in [-0.15, -0.1) is 0 Å². The molecule has 1 saturated heterocycles. The van der Waals surface area contributed by atoms with Gasteiger partial charge in [-0.25, -0.2) is 4.79 Å². The van der Waals surface area contributed by atoms with E-state index >= 15 is 0 Å². The van der Waals surface area contributed by atoms with Crippen LogP contribution in [0.15, 0.2) is 84.9 Å². The lowest BCUT2D eigenvalue weighted by Gasteiger charge is -2.31. The van der Waals surface area contributed by atoms with Crippen molar-refractivity contribution in [2.45, 2.75) is 104 Å². The Balaban J connectivity index is 0.00000148. The third-order valence-electron chi connectivity index (χ3n) is 7.59. The second kappa shape index (κ2) is 22.5. The minimum atomic E-state index is -0.355. The number of nitrogens with zero attached hydrogens (tertiary/aromatic N) is 1. The molecule has 4 heteroatoms. The van der Waals surface area contributed by atoms with Crippen LogP contribution in [0.4, 0.5) is 10.5 Å². The molecule has 3 aromatic carbocycles. The Morgan fingerprint density at radius 1 is 0.690 bits per heavy atom. The van der Waals surface area contributed by atoms with Crippen molar-refractivity contribution in [1.29, 1.82) is 0 Å². The van der Waals surface area contributed by atoms with Crippen molar-refractivity contribution < 1.29 is 9.53 Å². The van der Waals surface area contributed by atoms with Crippen LogP contribution < -0.4 is 5.32 Å². The SMILES string of the molecule is CC.CC.O=C(Nc1ccccc1-c1ccccc1)OC1CCN(CCCCCCCCCCc2ccccc2)CC1. The maximum Gasteiger partial charge on any atom is 0.411 e. The van der Waals surface area contributed by atoms with Gasteiger partial charge in [-0.1, -0.05) is 145 Å². The molecule has 1 N–H and O–H groups in total. The maximum atomic E-state index is 12.6. The van der Waals surface area contributed by atoms with Crippen LogP contribution in [0.2, 0.25) is 0 Å². The second-order valence-electron chi connectivity index (χ2n) is 10.5. The molecule has 4 rings (SSSR count). The van der Waals surface area contributed by atoms with E-state index in [0.29, 0.717) is 0 Å². The summed E-state index contributed by atoms with van der Waals surface area (Å²) in [5, 5.41) is 2.97. The van der Waals surface area contributed by atoms with E-state index in [2.05, 4.69) is 52.7 Å². The average Bonchev–Trinajstić information content (AvgIpc) is 3.06. The van der Waals surface area contributed by atoms with Gasteiger partial charge in [-0.05, 0) is 55.8 Å². The highest BCUT2D eigenvalue weighted by Gasteiger charge is 2.22. The van der Waals surface area contributed by atoms with Crippen molar-refractivity contribution in [2.24, 2.45) is 0 Å². The zero-order valence-electron chi connectivity index (χ0n) is 26.8. The molecule has 4 nitrogen and oxygen atoms in total. The lowest BCUT2D eigenvalue weighted by Crippen LogP contribution is -2.38. The van der Waals surface area contributed by atoms with E-state index in [1.807, 2.05) is 70.2 Å². The summed E-state index contributed by atoms with van der Waals surface area (Å²) < 4.78 is 5.78. The van der Waals surface area contributed by atoms with Gasteiger partial charge in [0.25, 0.3) is 0 Å².